The van der Waals surface area contributed by atoms with Crippen molar-refractivity contribution in [1.82, 2.24) is 9.55 Å². The molecule has 0 fully saturated rings. The van der Waals surface area contributed by atoms with Gasteiger partial charge in [0.25, 0.3) is 5.56 Å². The summed E-state index contributed by atoms with van der Waals surface area (Å²) in [7, 11) is 1.59. The molecule has 5 nitrogen and oxygen atoms in total. The van der Waals surface area contributed by atoms with Crippen molar-refractivity contribution in [2.75, 3.05) is 7.11 Å². The largest absolute Gasteiger partial charge is 0.497 e. The molecule has 2 aromatic heterocycles. The van der Waals surface area contributed by atoms with Crippen LogP contribution in [0.2, 0.25) is 0 Å². The maximum Gasteiger partial charge on any atom is 0.253 e. The van der Waals surface area contributed by atoms with Crippen molar-refractivity contribution >= 4 is 16.7 Å². The maximum absolute atomic E-state index is 12.9. The van der Waals surface area contributed by atoms with E-state index < -0.39 is 0 Å². The number of hydrogen-bond acceptors (Lipinski definition) is 3. The minimum absolute atomic E-state index is 0.0973. The molecule has 2 aromatic carbocycles. The summed E-state index contributed by atoms with van der Waals surface area (Å²) < 4.78 is 6.93. The van der Waals surface area contributed by atoms with E-state index >= 15 is 0 Å². The first kappa shape index (κ1) is 16.8. The van der Waals surface area contributed by atoms with Gasteiger partial charge < -0.3 is 14.3 Å². The van der Waals surface area contributed by atoms with Crippen LogP contribution >= 0.6 is 0 Å². The highest BCUT2D eigenvalue weighted by Gasteiger charge is 2.15. The van der Waals surface area contributed by atoms with Gasteiger partial charge in [0.15, 0.2) is 0 Å². The highest BCUT2D eigenvalue weighted by Crippen LogP contribution is 2.17. The monoisotopic (exact) mass is 358 g/mol. The first-order chi connectivity index (χ1) is 13.2. The van der Waals surface area contributed by atoms with Gasteiger partial charge >= 0.3 is 0 Å². The standard InChI is InChI=1S/C22H18N2O3/c1-27-18-10-8-15(9-11-18)21(25)20-7-4-12-24(20)14-17-13-16-5-2-3-6-19(16)23-22(17)26/h2-13H,14H2,1H3,(H,23,26). The molecule has 0 saturated heterocycles. The molecule has 0 unspecified atom stereocenters. The Balaban J connectivity index is 1.67. The summed E-state index contributed by atoms with van der Waals surface area (Å²) in [5.41, 5.74) is 2.36. The molecule has 0 aliphatic rings. The van der Waals surface area contributed by atoms with Gasteiger partial charge in [0.05, 0.1) is 19.3 Å². The van der Waals surface area contributed by atoms with Crippen molar-refractivity contribution < 1.29 is 9.53 Å². The molecule has 4 rings (SSSR count). The lowest BCUT2D eigenvalue weighted by Gasteiger charge is -2.10. The average Bonchev–Trinajstić information content (AvgIpc) is 3.16. The molecule has 0 bridgehead atoms. The lowest BCUT2D eigenvalue weighted by atomic mass is 10.1. The number of nitrogens with one attached hydrogen (secondary N) is 1. The quantitative estimate of drug-likeness (QED) is 0.554. The zero-order valence-corrected chi connectivity index (χ0v) is 14.8. The van der Waals surface area contributed by atoms with Crippen LogP contribution in [-0.2, 0) is 6.54 Å². The number of aromatic nitrogens is 2. The number of ketones is 1. The summed E-state index contributed by atoms with van der Waals surface area (Å²) in [6.07, 6.45) is 1.81. The van der Waals surface area contributed by atoms with Crippen LogP contribution in [0.5, 0.6) is 5.75 Å². The molecule has 0 spiro atoms. The van der Waals surface area contributed by atoms with Gasteiger partial charge in [-0.05, 0) is 53.9 Å². The van der Waals surface area contributed by atoms with Gasteiger partial charge in [-0.25, -0.2) is 0 Å². The third-order valence-electron chi connectivity index (χ3n) is 4.59. The predicted molar refractivity (Wildman–Crippen MR) is 105 cm³/mol. The number of nitrogens with zero attached hydrogens (tertiary/aromatic N) is 1. The summed E-state index contributed by atoms with van der Waals surface area (Å²) in [4.78, 5) is 28.2. The van der Waals surface area contributed by atoms with Gasteiger partial charge in [0, 0.05) is 22.8 Å². The average molecular weight is 358 g/mol. The lowest BCUT2D eigenvalue weighted by molar-refractivity contribution is 0.103. The van der Waals surface area contributed by atoms with Gasteiger partial charge in [-0.15, -0.1) is 0 Å². The fourth-order valence-electron chi connectivity index (χ4n) is 3.14. The third-order valence-corrected chi connectivity index (χ3v) is 4.59. The lowest BCUT2D eigenvalue weighted by Crippen LogP contribution is -2.18. The third kappa shape index (κ3) is 3.27. The Kier molecular flexibility index (Phi) is 4.34. The van der Waals surface area contributed by atoms with Gasteiger partial charge in [-0.3, -0.25) is 9.59 Å². The second-order valence-electron chi connectivity index (χ2n) is 6.29. The van der Waals surface area contributed by atoms with E-state index in [9.17, 15) is 9.59 Å². The van der Waals surface area contributed by atoms with E-state index in [1.165, 1.54) is 0 Å². The number of fused-ring (bicyclic) bond motifs is 1. The maximum atomic E-state index is 12.9. The van der Waals surface area contributed by atoms with E-state index in [4.69, 9.17) is 4.74 Å². The number of H-pyrrole nitrogens is 1. The number of rotatable bonds is 5. The molecule has 0 amide bonds. The normalized spacial score (nSPS) is 10.9. The molecular formula is C22H18N2O3. The second kappa shape index (κ2) is 6.96. The zero-order chi connectivity index (χ0) is 18.8. The highest BCUT2D eigenvalue weighted by atomic mass is 16.5. The summed E-state index contributed by atoms with van der Waals surface area (Å²) in [6, 6.07) is 20.1. The Morgan fingerprint density at radius 2 is 1.81 bits per heavy atom. The van der Waals surface area contributed by atoms with Crippen molar-refractivity contribution in [3.8, 4) is 5.75 Å². The Labute approximate surface area is 155 Å². The van der Waals surface area contributed by atoms with Crippen molar-refractivity contribution in [3.63, 3.8) is 0 Å². The highest BCUT2D eigenvalue weighted by molar-refractivity contribution is 6.08. The van der Waals surface area contributed by atoms with E-state index in [-0.39, 0.29) is 11.3 Å². The molecule has 134 valence electrons. The zero-order valence-electron chi connectivity index (χ0n) is 14.8. The molecule has 0 aliphatic heterocycles. The van der Waals surface area contributed by atoms with Gasteiger partial charge in [0.2, 0.25) is 5.78 Å². The molecular weight excluding hydrogens is 340 g/mol. The van der Waals surface area contributed by atoms with Crippen LogP contribution in [0.1, 0.15) is 21.6 Å². The van der Waals surface area contributed by atoms with Crippen molar-refractivity contribution in [3.05, 3.63) is 100 Å². The number of carbonyl (C=O) groups is 1. The van der Waals surface area contributed by atoms with Crippen molar-refractivity contribution in [2.45, 2.75) is 6.54 Å². The molecule has 0 aliphatic carbocycles. The van der Waals surface area contributed by atoms with Crippen molar-refractivity contribution in [1.29, 1.82) is 0 Å². The molecule has 5 heteroatoms. The number of pyridine rings is 1. The first-order valence-corrected chi connectivity index (χ1v) is 8.60. The molecule has 0 atom stereocenters. The molecule has 2 heterocycles. The molecule has 0 radical (unpaired) electrons. The first-order valence-electron chi connectivity index (χ1n) is 8.60. The smallest absolute Gasteiger partial charge is 0.253 e. The van der Waals surface area contributed by atoms with E-state index in [0.29, 0.717) is 29.1 Å². The van der Waals surface area contributed by atoms with Crippen molar-refractivity contribution in [2.24, 2.45) is 0 Å². The molecule has 0 saturated carbocycles. The fourth-order valence-corrected chi connectivity index (χ4v) is 3.14. The van der Waals surface area contributed by atoms with Crippen LogP contribution in [0.4, 0.5) is 0 Å². The molecule has 4 aromatic rings. The van der Waals surface area contributed by atoms with Gasteiger partial charge in [-0.2, -0.15) is 0 Å². The SMILES string of the molecule is COc1ccc(C(=O)c2cccn2Cc2cc3ccccc3[nH]c2=O)cc1. The number of hydrogen-bond donors (Lipinski definition) is 1. The van der Waals surface area contributed by atoms with Gasteiger partial charge in [-0.1, -0.05) is 18.2 Å². The number of carbonyl (C=O) groups excluding carboxylic acids is 1. The summed E-state index contributed by atoms with van der Waals surface area (Å²) in [6.45, 7) is 0.324. The summed E-state index contributed by atoms with van der Waals surface area (Å²) in [5, 5.41) is 0.960. The molecule has 27 heavy (non-hydrogen) atoms. The van der Waals surface area contributed by atoms with Crippen LogP contribution in [-0.4, -0.2) is 22.4 Å². The van der Waals surface area contributed by atoms with Crippen LogP contribution in [0, 0.1) is 0 Å². The number of para-hydroxylation sites is 1. The molecule has 1 N–H and O–H groups in total. The number of methoxy groups -OCH3 is 1. The fraction of sp³-hybridized carbons (Fsp3) is 0.0909. The Morgan fingerprint density at radius 1 is 1.04 bits per heavy atom. The predicted octanol–water partition coefficient (Wildman–Crippen LogP) is 3.62. The van der Waals surface area contributed by atoms with E-state index in [1.54, 1.807) is 42.0 Å². The number of ether oxygens (including phenoxy) is 1. The number of aromatic amines is 1. The second-order valence-corrected chi connectivity index (χ2v) is 6.29. The topological polar surface area (TPSA) is 64.1 Å². The Hall–Kier alpha value is -3.60. The van der Waals surface area contributed by atoms with Crippen LogP contribution in [0.15, 0.2) is 77.7 Å². The Bertz CT molecular complexity index is 1170. The van der Waals surface area contributed by atoms with Crippen LogP contribution in [0.25, 0.3) is 10.9 Å². The van der Waals surface area contributed by atoms with Crippen LogP contribution in [0.3, 0.4) is 0 Å². The van der Waals surface area contributed by atoms with E-state index in [2.05, 4.69) is 4.98 Å². The summed E-state index contributed by atoms with van der Waals surface area (Å²) in [5.74, 6) is 0.601. The summed E-state index contributed by atoms with van der Waals surface area (Å²) >= 11 is 0. The number of benzene rings is 2. The van der Waals surface area contributed by atoms with E-state index in [1.807, 2.05) is 42.6 Å². The minimum Gasteiger partial charge on any atom is -0.497 e. The van der Waals surface area contributed by atoms with Crippen LogP contribution < -0.4 is 10.3 Å². The Morgan fingerprint density at radius 3 is 2.59 bits per heavy atom. The minimum atomic E-state index is -0.148. The van der Waals surface area contributed by atoms with E-state index in [0.717, 1.165) is 10.9 Å². The van der Waals surface area contributed by atoms with Gasteiger partial charge in [0.1, 0.15) is 5.75 Å².